The van der Waals surface area contributed by atoms with E-state index in [0.29, 0.717) is 0 Å². The van der Waals surface area contributed by atoms with E-state index in [9.17, 15) is 18.3 Å². The Morgan fingerprint density at radius 3 is 1.97 bits per heavy atom. The molecule has 30 heavy (non-hydrogen) atoms. The van der Waals surface area contributed by atoms with Crippen LogP contribution in [0.3, 0.4) is 0 Å². The number of aromatic nitrogens is 3. The first kappa shape index (κ1) is 21.3. The van der Waals surface area contributed by atoms with Crippen LogP contribution in [0, 0.1) is 0 Å². The molecule has 1 aromatic heterocycles. The summed E-state index contributed by atoms with van der Waals surface area (Å²) in [5.74, 6) is 0.380. The second kappa shape index (κ2) is 8.54. The van der Waals surface area contributed by atoms with Gasteiger partial charge in [-0.25, -0.2) is 0 Å². The van der Waals surface area contributed by atoms with E-state index in [1.54, 1.807) is 13.8 Å². The molecule has 0 amide bonds. The molecule has 3 rings (SSSR count). The molecule has 0 saturated heterocycles. The van der Waals surface area contributed by atoms with Crippen LogP contribution in [0.25, 0.3) is 0 Å². The highest BCUT2D eigenvalue weighted by Gasteiger charge is 2.30. The van der Waals surface area contributed by atoms with Gasteiger partial charge in [0.15, 0.2) is 0 Å². The zero-order chi connectivity index (χ0) is 21.8. The third-order valence-electron chi connectivity index (χ3n) is 3.79. The largest absolute Gasteiger partial charge is 0.416 e. The lowest BCUT2D eigenvalue weighted by molar-refractivity contribution is -0.137. The Hall–Kier alpha value is -3.40. The lowest BCUT2D eigenvalue weighted by Crippen LogP contribution is -2.30. The van der Waals surface area contributed by atoms with Crippen molar-refractivity contribution >= 4 is 29.2 Å². The number of aliphatic hydroxyl groups is 1. The van der Waals surface area contributed by atoms with Gasteiger partial charge in [-0.1, -0.05) is 24.3 Å². The Balaban J connectivity index is 1.89. The topological polar surface area (TPSA) is 95.0 Å². The molecule has 2 aromatic carbocycles. The van der Waals surface area contributed by atoms with Crippen LogP contribution in [0.2, 0.25) is 0 Å². The van der Waals surface area contributed by atoms with Gasteiger partial charge in [-0.2, -0.15) is 28.1 Å². The van der Waals surface area contributed by atoms with Gasteiger partial charge < -0.3 is 21.1 Å². The maximum atomic E-state index is 13.0. The minimum Gasteiger partial charge on any atom is -0.389 e. The van der Waals surface area contributed by atoms with Gasteiger partial charge in [0, 0.05) is 17.9 Å². The van der Waals surface area contributed by atoms with Crippen LogP contribution in [0.4, 0.5) is 42.4 Å². The van der Waals surface area contributed by atoms with Crippen molar-refractivity contribution in [2.24, 2.45) is 0 Å². The zero-order valence-electron chi connectivity index (χ0n) is 16.3. The lowest BCUT2D eigenvalue weighted by atomic mass is 10.1. The van der Waals surface area contributed by atoms with Gasteiger partial charge >= 0.3 is 6.18 Å². The van der Waals surface area contributed by atoms with Crippen molar-refractivity contribution in [3.63, 3.8) is 0 Å². The van der Waals surface area contributed by atoms with E-state index in [1.807, 2.05) is 30.3 Å². The van der Waals surface area contributed by atoms with E-state index in [0.717, 1.165) is 17.8 Å². The molecule has 158 valence electrons. The Kier molecular flexibility index (Phi) is 6.06. The normalized spacial score (nSPS) is 11.8. The van der Waals surface area contributed by atoms with E-state index in [1.165, 1.54) is 12.1 Å². The summed E-state index contributed by atoms with van der Waals surface area (Å²) < 4.78 is 38.9. The average molecular weight is 418 g/mol. The quantitative estimate of drug-likeness (QED) is 0.447. The molecule has 7 nitrogen and oxygen atoms in total. The molecule has 1 heterocycles. The van der Waals surface area contributed by atoms with E-state index in [4.69, 9.17) is 0 Å². The molecule has 0 unspecified atom stereocenters. The highest BCUT2D eigenvalue weighted by atomic mass is 19.4. The van der Waals surface area contributed by atoms with Gasteiger partial charge in [0.25, 0.3) is 0 Å². The molecule has 0 fully saturated rings. The van der Waals surface area contributed by atoms with Crippen LogP contribution in [-0.4, -0.2) is 32.2 Å². The fourth-order valence-corrected chi connectivity index (χ4v) is 2.42. The number of alkyl halides is 3. The summed E-state index contributed by atoms with van der Waals surface area (Å²) in [6, 6.07) is 13.9. The maximum Gasteiger partial charge on any atom is 0.416 e. The van der Waals surface area contributed by atoms with Crippen molar-refractivity contribution in [2.45, 2.75) is 25.6 Å². The van der Waals surface area contributed by atoms with E-state index in [-0.39, 0.29) is 30.1 Å². The van der Waals surface area contributed by atoms with Crippen molar-refractivity contribution in [1.82, 2.24) is 15.0 Å². The van der Waals surface area contributed by atoms with Crippen molar-refractivity contribution < 1.29 is 18.3 Å². The minimum absolute atomic E-state index is 0.0426. The smallest absolute Gasteiger partial charge is 0.389 e. The van der Waals surface area contributed by atoms with Crippen molar-refractivity contribution in [3.05, 3.63) is 60.2 Å². The fourth-order valence-electron chi connectivity index (χ4n) is 2.42. The fraction of sp³-hybridized carbons (Fsp3) is 0.250. The van der Waals surface area contributed by atoms with Crippen LogP contribution in [0.1, 0.15) is 19.4 Å². The second-order valence-corrected chi connectivity index (χ2v) is 7.17. The summed E-state index contributed by atoms with van der Waals surface area (Å²) in [6.07, 6.45) is -4.46. The van der Waals surface area contributed by atoms with Gasteiger partial charge in [0.2, 0.25) is 17.8 Å². The van der Waals surface area contributed by atoms with Crippen LogP contribution in [-0.2, 0) is 6.18 Å². The van der Waals surface area contributed by atoms with Gasteiger partial charge in [0.05, 0.1) is 11.2 Å². The molecule has 0 saturated carbocycles. The van der Waals surface area contributed by atoms with Crippen LogP contribution < -0.4 is 16.0 Å². The molecule has 0 aliphatic rings. The predicted molar refractivity (Wildman–Crippen MR) is 109 cm³/mol. The van der Waals surface area contributed by atoms with Gasteiger partial charge in [-0.05, 0) is 44.2 Å². The summed E-state index contributed by atoms with van der Waals surface area (Å²) in [6.45, 7) is 3.39. The molecular weight excluding hydrogens is 397 g/mol. The summed E-state index contributed by atoms with van der Waals surface area (Å²) in [4.78, 5) is 12.7. The van der Waals surface area contributed by atoms with Crippen LogP contribution in [0.15, 0.2) is 54.6 Å². The minimum atomic E-state index is -4.46. The van der Waals surface area contributed by atoms with Gasteiger partial charge in [-0.3, -0.25) is 0 Å². The molecule has 0 aliphatic heterocycles. The number of hydrogen-bond acceptors (Lipinski definition) is 7. The number of nitrogens with one attached hydrogen (secondary N) is 3. The molecule has 4 N–H and O–H groups in total. The summed E-state index contributed by atoms with van der Waals surface area (Å²) in [5, 5.41) is 18.6. The molecule has 0 radical (unpaired) electrons. The van der Waals surface area contributed by atoms with Gasteiger partial charge in [0.1, 0.15) is 0 Å². The van der Waals surface area contributed by atoms with E-state index >= 15 is 0 Å². The third kappa shape index (κ3) is 6.31. The molecule has 10 heteroatoms. The van der Waals surface area contributed by atoms with Crippen molar-refractivity contribution in [3.8, 4) is 0 Å². The highest BCUT2D eigenvalue weighted by molar-refractivity contribution is 5.59. The van der Waals surface area contributed by atoms with Gasteiger partial charge in [-0.15, -0.1) is 0 Å². The second-order valence-electron chi connectivity index (χ2n) is 7.17. The number of anilines is 5. The zero-order valence-corrected chi connectivity index (χ0v) is 16.3. The Morgan fingerprint density at radius 2 is 1.37 bits per heavy atom. The number of halogens is 3. The Labute approximate surface area is 171 Å². The lowest BCUT2D eigenvalue weighted by Gasteiger charge is -2.18. The molecule has 0 bridgehead atoms. The number of nitrogens with zero attached hydrogens (tertiary/aromatic N) is 3. The predicted octanol–water partition coefficient (Wildman–Crippen LogP) is 4.56. The van der Waals surface area contributed by atoms with Crippen LogP contribution >= 0.6 is 0 Å². The molecule has 3 aromatic rings. The number of rotatable bonds is 7. The average Bonchev–Trinajstić information content (AvgIpc) is 2.66. The number of hydrogen-bond donors (Lipinski definition) is 4. The molecule has 0 atom stereocenters. The van der Waals surface area contributed by atoms with E-state index in [2.05, 4.69) is 30.9 Å². The molecule has 0 spiro atoms. The Bertz CT molecular complexity index is 990. The first-order valence-electron chi connectivity index (χ1n) is 9.07. The summed E-state index contributed by atoms with van der Waals surface area (Å²) >= 11 is 0. The summed E-state index contributed by atoms with van der Waals surface area (Å²) in [5.41, 5.74) is -0.907. The number of para-hydroxylation sites is 1. The number of benzene rings is 2. The third-order valence-corrected chi connectivity index (χ3v) is 3.79. The Morgan fingerprint density at radius 1 is 0.800 bits per heavy atom. The monoisotopic (exact) mass is 418 g/mol. The van der Waals surface area contributed by atoms with Crippen molar-refractivity contribution in [1.29, 1.82) is 0 Å². The standard InChI is InChI=1S/C20H21F3N6O/c1-19(2,30)12-24-16-27-17(25-14-8-4-3-5-9-14)29-18(28-16)26-15-10-6-7-13(11-15)20(21,22)23/h3-11,30H,12H2,1-2H3,(H3,24,25,26,27,28,29). The van der Waals surface area contributed by atoms with Crippen molar-refractivity contribution in [2.75, 3.05) is 22.5 Å². The maximum absolute atomic E-state index is 13.0. The van der Waals surface area contributed by atoms with E-state index < -0.39 is 17.3 Å². The summed E-state index contributed by atoms with van der Waals surface area (Å²) in [7, 11) is 0. The van der Waals surface area contributed by atoms with Crippen LogP contribution in [0.5, 0.6) is 0 Å². The molecular formula is C20H21F3N6O. The highest BCUT2D eigenvalue weighted by Crippen LogP contribution is 2.31. The first-order valence-corrected chi connectivity index (χ1v) is 9.07. The first-order chi connectivity index (χ1) is 14.1. The SMILES string of the molecule is CC(C)(O)CNc1nc(Nc2ccccc2)nc(Nc2cccc(C(F)(F)F)c2)n1. The molecule has 0 aliphatic carbocycles.